The van der Waals surface area contributed by atoms with Crippen LogP contribution in [0.3, 0.4) is 0 Å². The molecule has 32 heavy (non-hydrogen) atoms. The summed E-state index contributed by atoms with van der Waals surface area (Å²) in [5.74, 6) is 0. The van der Waals surface area contributed by atoms with Gasteiger partial charge in [-0.1, -0.05) is 78.4 Å². The fraction of sp³-hybridized carbons (Fsp3) is 0.240. The van der Waals surface area contributed by atoms with Crippen molar-refractivity contribution in [2.24, 2.45) is 0 Å². The zero-order valence-corrected chi connectivity index (χ0v) is 18.9. The Labute approximate surface area is 189 Å². The van der Waals surface area contributed by atoms with E-state index in [2.05, 4.69) is 5.32 Å². The number of ether oxygens (including phenoxy) is 2. The van der Waals surface area contributed by atoms with Crippen LogP contribution >= 0.6 is 0 Å². The standard InChI is InChI=1S/C25H27NO5S/c1-19-13-15-23(16-14-19)32(28,29)24(20(2)30-17-21-9-5-3-6-10-21)26-25(27)31-18-22-11-7-4-8-12-22/h3-16,20,24H,17-18H2,1-2H3,(H,26,27)/t20-,24?/m0/s1. The molecule has 0 aliphatic carbocycles. The predicted molar refractivity (Wildman–Crippen MR) is 123 cm³/mol. The Bertz CT molecular complexity index is 1100. The van der Waals surface area contributed by atoms with Gasteiger partial charge in [-0.15, -0.1) is 0 Å². The second-order valence-electron chi connectivity index (χ2n) is 7.49. The number of amides is 1. The van der Waals surface area contributed by atoms with Crippen LogP contribution in [0.2, 0.25) is 0 Å². The van der Waals surface area contributed by atoms with Crippen LogP contribution in [0.15, 0.2) is 89.8 Å². The third-order valence-corrected chi connectivity index (χ3v) is 7.04. The number of sulfone groups is 1. The van der Waals surface area contributed by atoms with E-state index in [0.717, 1.165) is 16.7 Å². The van der Waals surface area contributed by atoms with Crippen LogP contribution in [-0.4, -0.2) is 26.0 Å². The minimum atomic E-state index is -3.94. The van der Waals surface area contributed by atoms with Gasteiger partial charge in [0.15, 0.2) is 5.37 Å². The van der Waals surface area contributed by atoms with Crippen LogP contribution in [0, 0.1) is 6.92 Å². The molecule has 0 aliphatic heterocycles. The molecule has 7 heteroatoms. The lowest BCUT2D eigenvalue weighted by atomic mass is 10.2. The Morgan fingerprint density at radius 3 is 1.94 bits per heavy atom. The highest BCUT2D eigenvalue weighted by molar-refractivity contribution is 7.92. The Morgan fingerprint density at radius 2 is 1.38 bits per heavy atom. The first-order valence-electron chi connectivity index (χ1n) is 10.3. The second kappa shape index (κ2) is 10.9. The minimum absolute atomic E-state index is 0.0310. The van der Waals surface area contributed by atoms with Crippen LogP contribution < -0.4 is 5.32 Å². The quantitative estimate of drug-likeness (QED) is 0.511. The Balaban J connectivity index is 1.76. The van der Waals surface area contributed by atoms with Crippen LogP contribution in [0.4, 0.5) is 4.79 Å². The van der Waals surface area contributed by atoms with Crippen molar-refractivity contribution in [3.8, 4) is 0 Å². The van der Waals surface area contributed by atoms with E-state index in [1.807, 2.05) is 67.6 Å². The third-order valence-electron chi connectivity index (χ3n) is 4.94. The number of benzene rings is 3. The van der Waals surface area contributed by atoms with Crippen LogP contribution in [-0.2, 0) is 32.5 Å². The number of hydrogen-bond donors (Lipinski definition) is 1. The molecule has 1 unspecified atom stereocenters. The van der Waals surface area contributed by atoms with E-state index in [4.69, 9.17) is 9.47 Å². The van der Waals surface area contributed by atoms with Gasteiger partial charge < -0.3 is 14.8 Å². The van der Waals surface area contributed by atoms with E-state index in [-0.39, 0.29) is 18.1 Å². The van der Waals surface area contributed by atoms with Gasteiger partial charge in [0.2, 0.25) is 9.84 Å². The molecule has 0 aliphatic rings. The smallest absolute Gasteiger partial charge is 0.408 e. The Morgan fingerprint density at radius 1 is 0.844 bits per heavy atom. The van der Waals surface area contributed by atoms with E-state index in [1.54, 1.807) is 19.1 Å². The van der Waals surface area contributed by atoms with Crippen molar-refractivity contribution in [3.05, 3.63) is 102 Å². The molecule has 3 aromatic rings. The van der Waals surface area contributed by atoms with Crippen molar-refractivity contribution < 1.29 is 22.7 Å². The Hall–Kier alpha value is -3.16. The summed E-state index contributed by atoms with van der Waals surface area (Å²) in [5, 5.41) is 1.18. The predicted octanol–water partition coefficient (Wildman–Crippen LogP) is 4.63. The zero-order valence-electron chi connectivity index (χ0n) is 18.1. The molecular weight excluding hydrogens is 426 g/mol. The number of nitrogens with one attached hydrogen (secondary N) is 1. The molecule has 0 heterocycles. The number of alkyl carbamates (subject to hydrolysis) is 1. The molecule has 2 atom stereocenters. The van der Waals surface area contributed by atoms with Crippen molar-refractivity contribution in [2.45, 2.75) is 43.4 Å². The molecule has 0 aromatic heterocycles. The van der Waals surface area contributed by atoms with Crippen molar-refractivity contribution in [2.75, 3.05) is 0 Å². The summed E-state index contributed by atoms with van der Waals surface area (Å²) >= 11 is 0. The number of hydrogen-bond acceptors (Lipinski definition) is 5. The lowest BCUT2D eigenvalue weighted by molar-refractivity contribution is 0.0418. The molecule has 0 spiro atoms. The van der Waals surface area contributed by atoms with Crippen molar-refractivity contribution >= 4 is 15.9 Å². The first kappa shape index (κ1) is 23.5. The number of aryl methyl sites for hydroxylation is 1. The Kier molecular flexibility index (Phi) is 8.03. The molecule has 1 amide bonds. The van der Waals surface area contributed by atoms with Gasteiger partial charge in [-0.05, 0) is 37.1 Å². The summed E-state index contributed by atoms with van der Waals surface area (Å²) in [4.78, 5) is 12.6. The van der Waals surface area contributed by atoms with Gasteiger partial charge in [0, 0.05) is 0 Å². The van der Waals surface area contributed by atoms with Gasteiger partial charge in [-0.3, -0.25) is 0 Å². The van der Waals surface area contributed by atoms with Gasteiger partial charge in [0.1, 0.15) is 6.61 Å². The normalized spacial score (nSPS) is 13.2. The summed E-state index contributed by atoms with van der Waals surface area (Å²) in [6, 6.07) is 25.1. The molecule has 0 saturated carbocycles. The highest BCUT2D eigenvalue weighted by Crippen LogP contribution is 2.20. The molecule has 0 radical (unpaired) electrons. The first-order chi connectivity index (χ1) is 15.4. The van der Waals surface area contributed by atoms with Crippen LogP contribution in [0.25, 0.3) is 0 Å². The lowest BCUT2D eigenvalue weighted by Gasteiger charge is -2.25. The fourth-order valence-corrected chi connectivity index (χ4v) is 4.74. The van der Waals surface area contributed by atoms with Gasteiger partial charge in [-0.2, -0.15) is 0 Å². The van der Waals surface area contributed by atoms with Gasteiger partial charge in [0.05, 0.1) is 17.6 Å². The minimum Gasteiger partial charge on any atom is -0.445 e. The van der Waals surface area contributed by atoms with Gasteiger partial charge in [-0.25, -0.2) is 13.2 Å². The molecular formula is C25H27NO5S. The maximum atomic E-state index is 13.4. The number of rotatable bonds is 9. The lowest BCUT2D eigenvalue weighted by Crippen LogP contribution is -2.48. The molecule has 0 fully saturated rings. The summed E-state index contributed by atoms with van der Waals surface area (Å²) in [5.41, 5.74) is 2.63. The second-order valence-corrected chi connectivity index (χ2v) is 9.56. The van der Waals surface area contributed by atoms with E-state index in [9.17, 15) is 13.2 Å². The highest BCUT2D eigenvalue weighted by Gasteiger charge is 2.35. The average Bonchev–Trinajstić information content (AvgIpc) is 2.81. The maximum Gasteiger partial charge on any atom is 0.408 e. The van der Waals surface area contributed by atoms with Crippen molar-refractivity contribution in [1.82, 2.24) is 5.32 Å². The molecule has 3 rings (SSSR count). The van der Waals surface area contributed by atoms with Gasteiger partial charge in [0.25, 0.3) is 0 Å². The molecule has 168 valence electrons. The highest BCUT2D eigenvalue weighted by atomic mass is 32.2. The largest absolute Gasteiger partial charge is 0.445 e. The zero-order chi connectivity index (χ0) is 23.0. The SMILES string of the molecule is Cc1ccc(S(=O)(=O)C(NC(=O)OCc2ccccc2)[C@H](C)OCc2ccccc2)cc1. The number of carbonyl (C=O) groups excluding carboxylic acids is 1. The number of carbonyl (C=O) groups is 1. The first-order valence-corrected chi connectivity index (χ1v) is 11.8. The average molecular weight is 454 g/mol. The van der Waals surface area contributed by atoms with E-state index in [0.29, 0.717) is 0 Å². The summed E-state index contributed by atoms with van der Waals surface area (Å²) in [6.07, 6.45) is -1.66. The molecule has 3 aromatic carbocycles. The summed E-state index contributed by atoms with van der Waals surface area (Å²) in [6.45, 7) is 3.74. The summed E-state index contributed by atoms with van der Waals surface area (Å²) < 4.78 is 37.8. The van der Waals surface area contributed by atoms with Crippen LogP contribution in [0.1, 0.15) is 23.6 Å². The maximum absolute atomic E-state index is 13.4. The van der Waals surface area contributed by atoms with Crippen molar-refractivity contribution in [3.63, 3.8) is 0 Å². The molecule has 0 bridgehead atoms. The van der Waals surface area contributed by atoms with Crippen molar-refractivity contribution in [1.29, 1.82) is 0 Å². The molecule has 0 saturated heterocycles. The monoisotopic (exact) mass is 453 g/mol. The third kappa shape index (κ3) is 6.42. The van der Waals surface area contributed by atoms with Gasteiger partial charge >= 0.3 is 6.09 Å². The van der Waals surface area contributed by atoms with E-state index in [1.165, 1.54) is 12.1 Å². The molecule has 1 N–H and O–H groups in total. The topological polar surface area (TPSA) is 81.7 Å². The van der Waals surface area contributed by atoms with E-state index < -0.39 is 27.4 Å². The van der Waals surface area contributed by atoms with E-state index >= 15 is 0 Å². The fourth-order valence-electron chi connectivity index (χ4n) is 3.09. The summed E-state index contributed by atoms with van der Waals surface area (Å²) in [7, 11) is -3.94. The van der Waals surface area contributed by atoms with Crippen LogP contribution in [0.5, 0.6) is 0 Å². The molecule has 6 nitrogen and oxygen atoms in total.